The number of amides is 1. The number of rotatable bonds is 4. The summed E-state index contributed by atoms with van der Waals surface area (Å²) in [5, 5.41) is 9.37. The van der Waals surface area contributed by atoms with Crippen LogP contribution in [0.5, 0.6) is 0 Å². The van der Waals surface area contributed by atoms with E-state index in [1.165, 1.54) is 11.1 Å². The maximum Gasteiger partial charge on any atom is 0.323 e. The Morgan fingerprint density at radius 2 is 2.26 bits per heavy atom. The summed E-state index contributed by atoms with van der Waals surface area (Å²) >= 11 is 0. The summed E-state index contributed by atoms with van der Waals surface area (Å²) in [5.41, 5.74) is -1.12. The number of likely N-dealkylation sites (tertiary alicyclic amines) is 1. The number of nitrogens with one attached hydrogen (secondary N) is 2. The lowest BCUT2D eigenvalue weighted by Gasteiger charge is -2.23. The van der Waals surface area contributed by atoms with Gasteiger partial charge in [-0.25, -0.2) is 4.79 Å². The molecule has 2 heterocycles. The lowest BCUT2D eigenvalue weighted by molar-refractivity contribution is -0.148. The van der Waals surface area contributed by atoms with Gasteiger partial charge in [0.15, 0.2) is 0 Å². The number of aromatic nitrogens is 2. The summed E-state index contributed by atoms with van der Waals surface area (Å²) in [4.78, 5) is 40.8. The fourth-order valence-corrected chi connectivity index (χ4v) is 2.63. The van der Waals surface area contributed by atoms with E-state index < -0.39 is 17.1 Å². The zero-order valence-electron chi connectivity index (χ0n) is 10.7. The van der Waals surface area contributed by atoms with Gasteiger partial charge in [-0.1, -0.05) is 13.3 Å². The van der Waals surface area contributed by atoms with E-state index in [-0.39, 0.29) is 18.1 Å². The number of nitrogens with zero attached hydrogens (tertiary/aromatic N) is 1. The van der Waals surface area contributed by atoms with Gasteiger partial charge < -0.3 is 20.0 Å². The minimum atomic E-state index is -0.854. The monoisotopic (exact) mass is 267 g/mol. The second-order valence-corrected chi connectivity index (χ2v) is 4.97. The molecule has 19 heavy (non-hydrogen) atoms. The molecule has 7 heteroatoms. The van der Waals surface area contributed by atoms with Crippen molar-refractivity contribution in [3.05, 3.63) is 22.4 Å². The lowest BCUT2D eigenvalue weighted by atomic mass is 9.83. The number of H-pyrrole nitrogens is 2. The van der Waals surface area contributed by atoms with Crippen molar-refractivity contribution in [2.45, 2.75) is 26.2 Å². The first-order valence-corrected chi connectivity index (χ1v) is 6.29. The fraction of sp³-hybridized carbons (Fsp3) is 0.583. The minimum Gasteiger partial charge on any atom is -0.481 e. The molecule has 0 aromatic carbocycles. The van der Waals surface area contributed by atoms with E-state index in [0.717, 1.165) is 6.42 Å². The van der Waals surface area contributed by atoms with E-state index in [1.807, 2.05) is 6.92 Å². The van der Waals surface area contributed by atoms with Crippen LogP contribution in [0.4, 0.5) is 0 Å². The van der Waals surface area contributed by atoms with Gasteiger partial charge in [0, 0.05) is 19.3 Å². The Kier molecular flexibility index (Phi) is 3.46. The molecule has 0 radical (unpaired) electrons. The first kappa shape index (κ1) is 13.4. The highest BCUT2D eigenvalue weighted by molar-refractivity contribution is 5.93. The smallest absolute Gasteiger partial charge is 0.323 e. The largest absolute Gasteiger partial charge is 0.481 e. The molecule has 104 valence electrons. The molecule has 1 aliphatic rings. The van der Waals surface area contributed by atoms with Crippen molar-refractivity contribution in [3.8, 4) is 0 Å². The quantitative estimate of drug-likeness (QED) is 0.735. The summed E-state index contributed by atoms with van der Waals surface area (Å²) in [6, 6.07) is 0. The predicted octanol–water partition coefficient (Wildman–Crippen LogP) is 0.420. The Morgan fingerprint density at radius 3 is 2.79 bits per heavy atom. The van der Waals surface area contributed by atoms with Crippen LogP contribution in [0, 0.1) is 5.41 Å². The van der Waals surface area contributed by atoms with E-state index in [4.69, 9.17) is 0 Å². The molecule has 1 aliphatic heterocycles. The molecule has 1 aromatic heterocycles. The van der Waals surface area contributed by atoms with Gasteiger partial charge in [0.05, 0.1) is 5.41 Å². The summed E-state index contributed by atoms with van der Waals surface area (Å²) in [5.74, 6) is -1.19. The molecular weight excluding hydrogens is 250 g/mol. The third-order valence-electron chi connectivity index (χ3n) is 3.65. The molecule has 0 spiro atoms. The summed E-state index contributed by atoms with van der Waals surface area (Å²) < 4.78 is 0. The van der Waals surface area contributed by atoms with E-state index in [2.05, 4.69) is 9.97 Å². The molecule has 3 N–H and O–H groups in total. The first-order chi connectivity index (χ1) is 8.98. The summed E-state index contributed by atoms with van der Waals surface area (Å²) in [6.45, 7) is 2.53. The van der Waals surface area contributed by atoms with Crippen LogP contribution < -0.4 is 5.69 Å². The number of carbonyl (C=O) groups excluding carboxylic acids is 1. The Bertz CT molecular complexity index is 547. The fourth-order valence-electron chi connectivity index (χ4n) is 2.63. The third kappa shape index (κ3) is 2.40. The van der Waals surface area contributed by atoms with Crippen molar-refractivity contribution in [2.75, 3.05) is 13.1 Å². The standard InChI is InChI=1S/C12H17N3O4/c1-2-3-12(10(17)18)4-5-15(7-12)9(16)8-6-13-11(19)14-8/h6H,2-5,7H2,1H3,(H,17,18)(H2,13,14,19). The van der Waals surface area contributed by atoms with Crippen LogP contribution in [-0.4, -0.2) is 44.9 Å². The molecule has 1 atom stereocenters. The number of hydrogen-bond donors (Lipinski definition) is 3. The predicted molar refractivity (Wildman–Crippen MR) is 66.9 cm³/mol. The van der Waals surface area contributed by atoms with Crippen molar-refractivity contribution in [1.29, 1.82) is 0 Å². The molecule has 1 saturated heterocycles. The molecule has 2 rings (SSSR count). The topological polar surface area (TPSA) is 106 Å². The number of carboxylic acids is 1. The summed E-state index contributed by atoms with van der Waals surface area (Å²) in [6.07, 6.45) is 3.08. The molecule has 1 amide bonds. The van der Waals surface area contributed by atoms with Gasteiger partial charge in [-0.3, -0.25) is 9.59 Å². The zero-order chi connectivity index (χ0) is 14.0. The highest BCUT2D eigenvalue weighted by atomic mass is 16.4. The molecular formula is C12H17N3O4. The van der Waals surface area contributed by atoms with Crippen LogP contribution in [0.1, 0.15) is 36.7 Å². The van der Waals surface area contributed by atoms with Crippen molar-refractivity contribution in [2.24, 2.45) is 5.41 Å². The molecule has 7 nitrogen and oxygen atoms in total. The number of carboxylic acid groups (broad SMARTS) is 1. The number of carbonyl (C=O) groups is 2. The van der Waals surface area contributed by atoms with E-state index in [1.54, 1.807) is 0 Å². The molecule has 0 aliphatic carbocycles. The number of hydrogen-bond acceptors (Lipinski definition) is 3. The van der Waals surface area contributed by atoms with Crippen LogP contribution in [-0.2, 0) is 4.79 Å². The van der Waals surface area contributed by atoms with Crippen LogP contribution >= 0.6 is 0 Å². The molecule has 0 saturated carbocycles. The van der Waals surface area contributed by atoms with Crippen molar-refractivity contribution < 1.29 is 14.7 Å². The van der Waals surface area contributed by atoms with Gasteiger partial charge in [-0.15, -0.1) is 0 Å². The van der Waals surface area contributed by atoms with E-state index in [9.17, 15) is 19.5 Å². The Hall–Kier alpha value is -2.05. The average molecular weight is 267 g/mol. The number of aliphatic carboxylic acids is 1. The molecule has 1 unspecified atom stereocenters. The molecule has 1 aromatic rings. The van der Waals surface area contributed by atoms with Crippen molar-refractivity contribution >= 4 is 11.9 Å². The number of imidazole rings is 1. The van der Waals surface area contributed by atoms with Crippen LogP contribution in [0.2, 0.25) is 0 Å². The van der Waals surface area contributed by atoms with Gasteiger partial charge in [0.1, 0.15) is 5.69 Å². The van der Waals surface area contributed by atoms with Gasteiger partial charge >= 0.3 is 11.7 Å². The van der Waals surface area contributed by atoms with Crippen LogP contribution in [0.15, 0.2) is 11.0 Å². The Balaban J connectivity index is 2.15. The normalized spacial score (nSPS) is 22.7. The average Bonchev–Trinajstić information content (AvgIpc) is 2.96. The molecule has 0 bridgehead atoms. The van der Waals surface area contributed by atoms with Gasteiger partial charge in [0.2, 0.25) is 0 Å². The lowest BCUT2D eigenvalue weighted by Crippen LogP contribution is -2.37. The van der Waals surface area contributed by atoms with Gasteiger partial charge in [-0.05, 0) is 12.8 Å². The van der Waals surface area contributed by atoms with Gasteiger partial charge in [-0.2, -0.15) is 0 Å². The minimum absolute atomic E-state index is 0.169. The Labute approximate surface area is 109 Å². The maximum absolute atomic E-state index is 12.1. The molecule has 1 fully saturated rings. The van der Waals surface area contributed by atoms with E-state index >= 15 is 0 Å². The van der Waals surface area contributed by atoms with Crippen molar-refractivity contribution in [3.63, 3.8) is 0 Å². The van der Waals surface area contributed by atoms with Gasteiger partial charge in [0.25, 0.3) is 5.91 Å². The van der Waals surface area contributed by atoms with Crippen LogP contribution in [0.3, 0.4) is 0 Å². The second-order valence-electron chi connectivity index (χ2n) is 4.97. The highest BCUT2D eigenvalue weighted by Gasteiger charge is 2.45. The second kappa shape index (κ2) is 4.91. The first-order valence-electron chi connectivity index (χ1n) is 6.29. The highest BCUT2D eigenvalue weighted by Crippen LogP contribution is 2.35. The van der Waals surface area contributed by atoms with Crippen molar-refractivity contribution in [1.82, 2.24) is 14.9 Å². The number of aromatic amines is 2. The van der Waals surface area contributed by atoms with Crippen LogP contribution in [0.25, 0.3) is 0 Å². The maximum atomic E-state index is 12.1. The third-order valence-corrected chi connectivity index (χ3v) is 3.65. The van der Waals surface area contributed by atoms with E-state index in [0.29, 0.717) is 19.4 Å². The Morgan fingerprint density at radius 1 is 1.53 bits per heavy atom. The summed E-state index contributed by atoms with van der Waals surface area (Å²) in [7, 11) is 0. The zero-order valence-corrected chi connectivity index (χ0v) is 10.7. The SMILES string of the molecule is CCCC1(C(=O)O)CCN(C(=O)c2c[nH]c(=O)[nH]2)C1.